The van der Waals surface area contributed by atoms with Crippen molar-refractivity contribution in [2.75, 3.05) is 62.7 Å². The van der Waals surface area contributed by atoms with Crippen LogP contribution in [0.25, 0.3) is 0 Å². The van der Waals surface area contributed by atoms with Gasteiger partial charge in [0.05, 0.1) is 6.67 Å². The van der Waals surface area contributed by atoms with Crippen molar-refractivity contribution < 1.29 is 9.59 Å². The third-order valence-corrected chi connectivity index (χ3v) is 9.21. The van der Waals surface area contributed by atoms with Gasteiger partial charge in [-0.05, 0) is 39.2 Å². The molecule has 0 bridgehead atoms. The van der Waals surface area contributed by atoms with Crippen LogP contribution in [0.3, 0.4) is 0 Å². The minimum atomic E-state index is -0.259. The largest absolute Gasteiger partial charge is 0.353 e. The lowest BCUT2D eigenvalue weighted by atomic mass is 9.84. The highest BCUT2D eigenvalue weighted by Crippen LogP contribution is 2.31. The summed E-state index contributed by atoms with van der Waals surface area (Å²) in [7, 11) is 0. The molecule has 2 aliphatic heterocycles. The van der Waals surface area contributed by atoms with E-state index in [1.165, 1.54) is 12.8 Å². The van der Waals surface area contributed by atoms with Crippen molar-refractivity contribution in [2.24, 2.45) is 0 Å². The first-order valence-electron chi connectivity index (χ1n) is 14.7. The molecule has 2 saturated heterocycles. The number of anilines is 2. The van der Waals surface area contributed by atoms with Crippen molar-refractivity contribution >= 4 is 23.7 Å². The van der Waals surface area contributed by atoms with Crippen molar-refractivity contribution in [3.8, 4) is 0 Å². The lowest BCUT2D eigenvalue weighted by Gasteiger charge is -2.37. The predicted octanol–water partition coefficient (Wildman–Crippen LogP) is 3.49. The van der Waals surface area contributed by atoms with Gasteiger partial charge in [-0.25, -0.2) is 4.90 Å². The molecule has 0 atom stereocenters. The number of carbonyl (C=O) groups excluding carboxylic acids is 2. The quantitative estimate of drug-likeness (QED) is 0.342. The number of hydrogen-bond donors (Lipinski definition) is 1. The van der Waals surface area contributed by atoms with Crippen molar-refractivity contribution in [1.29, 1.82) is 0 Å². The zero-order chi connectivity index (χ0) is 27.9. The number of hydrogen-bond acceptors (Lipinski definition) is 9. The Balaban J connectivity index is 1.61. The van der Waals surface area contributed by atoms with Crippen molar-refractivity contribution in [3.05, 3.63) is 5.82 Å². The number of aromatic nitrogens is 3. The Kier molecular flexibility index (Phi) is 10.6. The number of nitrogens with zero attached hydrogens (tertiary/aromatic N) is 7. The van der Waals surface area contributed by atoms with E-state index in [1.54, 1.807) is 0 Å². The molecule has 10 heteroatoms. The highest BCUT2D eigenvalue weighted by molar-refractivity contribution is 6.18. The maximum absolute atomic E-state index is 12.4. The number of rotatable bonds is 15. The molecule has 2 aliphatic rings. The molecular weight excluding hydrogens is 480 g/mol. The van der Waals surface area contributed by atoms with Crippen LogP contribution in [-0.4, -0.2) is 99.5 Å². The number of carbonyl (C=O) groups is 2. The van der Waals surface area contributed by atoms with Crippen LogP contribution < -0.4 is 10.2 Å². The van der Waals surface area contributed by atoms with E-state index in [0.717, 1.165) is 63.7 Å². The molecule has 1 aromatic rings. The first-order chi connectivity index (χ1) is 18.1. The fourth-order valence-electron chi connectivity index (χ4n) is 5.18. The monoisotopic (exact) mass is 530 g/mol. The van der Waals surface area contributed by atoms with Crippen LogP contribution in [0.4, 0.5) is 11.9 Å². The van der Waals surface area contributed by atoms with Gasteiger partial charge in [0.25, 0.3) is 0 Å². The Morgan fingerprint density at radius 2 is 1.53 bits per heavy atom. The third kappa shape index (κ3) is 6.87. The normalized spacial score (nSPS) is 17.8. The van der Waals surface area contributed by atoms with E-state index in [0.29, 0.717) is 23.9 Å². The molecule has 214 valence electrons. The molecule has 2 amide bonds. The summed E-state index contributed by atoms with van der Waals surface area (Å²) in [4.78, 5) is 47.4. The highest BCUT2D eigenvalue weighted by atomic mass is 16.2. The van der Waals surface area contributed by atoms with Gasteiger partial charge in [0.2, 0.25) is 23.7 Å². The van der Waals surface area contributed by atoms with E-state index < -0.39 is 0 Å². The van der Waals surface area contributed by atoms with Crippen LogP contribution in [0.15, 0.2) is 0 Å². The first-order valence-corrected chi connectivity index (χ1v) is 14.7. The van der Waals surface area contributed by atoms with Gasteiger partial charge < -0.3 is 10.2 Å². The van der Waals surface area contributed by atoms with Gasteiger partial charge in [-0.15, -0.1) is 0 Å². The van der Waals surface area contributed by atoms with Crippen LogP contribution in [-0.2, 0) is 15.0 Å². The average Bonchev–Trinajstić information content (AvgIpc) is 3.55. The molecule has 2 fully saturated rings. The van der Waals surface area contributed by atoms with Gasteiger partial charge in [0, 0.05) is 63.1 Å². The van der Waals surface area contributed by atoms with Gasteiger partial charge in [0.1, 0.15) is 5.82 Å². The van der Waals surface area contributed by atoms with E-state index in [-0.39, 0.29) is 36.0 Å². The maximum Gasteiger partial charge on any atom is 0.244 e. The number of amides is 2. The van der Waals surface area contributed by atoms with Gasteiger partial charge in [-0.2, -0.15) is 15.0 Å². The second-order valence-electron chi connectivity index (χ2n) is 11.3. The Labute approximate surface area is 229 Å². The minimum absolute atomic E-state index is 0.148. The van der Waals surface area contributed by atoms with E-state index in [1.807, 2.05) is 0 Å². The van der Waals surface area contributed by atoms with Gasteiger partial charge in [0.15, 0.2) is 0 Å². The van der Waals surface area contributed by atoms with Crippen molar-refractivity contribution in [2.45, 2.75) is 97.9 Å². The van der Waals surface area contributed by atoms with Gasteiger partial charge >= 0.3 is 0 Å². The lowest BCUT2D eigenvalue weighted by Crippen LogP contribution is -2.45. The second kappa shape index (κ2) is 13.3. The fourth-order valence-corrected chi connectivity index (χ4v) is 5.18. The molecule has 3 heterocycles. The summed E-state index contributed by atoms with van der Waals surface area (Å²) < 4.78 is 0. The molecule has 0 aromatic carbocycles. The van der Waals surface area contributed by atoms with Crippen LogP contribution >= 0.6 is 0 Å². The van der Waals surface area contributed by atoms with E-state index in [2.05, 4.69) is 78.5 Å². The molecule has 10 nitrogen and oxygen atoms in total. The Hall–Kier alpha value is -2.17. The molecule has 0 aliphatic carbocycles. The third-order valence-electron chi connectivity index (χ3n) is 9.21. The van der Waals surface area contributed by atoms with Crippen LogP contribution in [0.5, 0.6) is 0 Å². The fraction of sp³-hybridized carbons (Fsp3) is 0.821. The Morgan fingerprint density at radius 1 is 0.868 bits per heavy atom. The standard InChI is InChI=1S/C28H50N8O2/c1-8-27(6,9-2)24-30-25(32-26(31-24)36-22(37)13-14-23(36)38)29-15-16-33(12-5)17-18-34-19-20-35(21-34)28(7,10-3)11-4/h8-21H2,1-7H3,(H,29,30,31,32). The smallest absolute Gasteiger partial charge is 0.244 e. The summed E-state index contributed by atoms with van der Waals surface area (Å²) in [6.07, 6.45) is 4.47. The summed E-state index contributed by atoms with van der Waals surface area (Å²) in [6, 6.07) is 0. The van der Waals surface area contributed by atoms with Crippen molar-refractivity contribution in [3.63, 3.8) is 0 Å². The van der Waals surface area contributed by atoms with E-state index >= 15 is 0 Å². The van der Waals surface area contributed by atoms with Crippen LogP contribution in [0, 0.1) is 0 Å². The number of nitrogens with one attached hydrogen (secondary N) is 1. The van der Waals surface area contributed by atoms with Crippen LogP contribution in [0.1, 0.15) is 92.8 Å². The summed E-state index contributed by atoms with van der Waals surface area (Å²) in [5.74, 6) is 0.706. The molecule has 1 aromatic heterocycles. The molecule has 38 heavy (non-hydrogen) atoms. The Bertz CT molecular complexity index is 931. The van der Waals surface area contributed by atoms with E-state index in [9.17, 15) is 9.59 Å². The maximum atomic E-state index is 12.4. The number of imide groups is 1. The SMILES string of the molecule is CCN(CCNc1nc(N2C(=O)CCC2=O)nc(C(C)(CC)CC)n1)CCN1CCN(C(C)(CC)CC)C1. The summed E-state index contributed by atoms with van der Waals surface area (Å²) in [5.41, 5.74) is 0.0336. The van der Waals surface area contributed by atoms with E-state index in [4.69, 9.17) is 4.98 Å². The van der Waals surface area contributed by atoms with Crippen LogP contribution in [0.2, 0.25) is 0 Å². The zero-order valence-electron chi connectivity index (χ0n) is 24.8. The van der Waals surface area contributed by atoms with Crippen molar-refractivity contribution in [1.82, 2.24) is 29.7 Å². The van der Waals surface area contributed by atoms with Gasteiger partial charge in [-0.1, -0.05) is 41.5 Å². The molecule has 0 unspecified atom stereocenters. The molecule has 3 rings (SSSR count). The summed E-state index contributed by atoms with van der Waals surface area (Å²) >= 11 is 0. The highest BCUT2D eigenvalue weighted by Gasteiger charge is 2.36. The zero-order valence-corrected chi connectivity index (χ0v) is 24.8. The number of likely N-dealkylation sites (N-methyl/N-ethyl adjacent to an activating group) is 1. The molecule has 0 saturated carbocycles. The molecular formula is C28H50N8O2. The molecule has 0 radical (unpaired) electrons. The Morgan fingerprint density at radius 3 is 2.11 bits per heavy atom. The topological polar surface area (TPSA) is 97.8 Å². The molecule has 0 spiro atoms. The molecule has 1 N–H and O–H groups in total. The summed E-state index contributed by atoms with van der Waals surface area (Å²) in [5, 5.41) is 3.36. The summed E-state index contributed by atoms with van der Waals surface area (Å²) in [6.45, 7) is 23.4. The minimum Gasteiger partial charge on any atom is -0.353 e. The second-order valence-corrected chi connectivity index (χ2v) is 11.3. The average molecular weight is 531 g/mol. The predicted molar refractivity (Wildman–Crippen MR) is 152 cm³/mol. The van der Waals surface area contributed by atoms with Gasteiger partial charge in [-0.3, -0.25) is 19.4 Å². The lowest BCUT2D eigenvalue weighted by molar-refractivity contribution is -0.121. The first kappa shape index (κ1) is 30.4.